The fourth-order valence-corrected chi connectivity index (χ4v) is 2.17. The van der Waals surface area contributed by atoms with Gasteiger partial charge in [0.1, 0.15) is 22.8 Å². The van der Waals surface area contributed by atoms with Crippen LogP contribution in [-0.2, 0) is 0 Å². The predicted octanol–water partition coefficient (Wildman–Crippen LogP) is 1.55. The number of Topliss-reactive ketones (excluding diaryl/α,β-unsaturated/α-hetero) is 1. The van der Waals surface area contributed by atoms with E-state index in [1.54, 1.807) is 0 Å². The van der Waals surface area contributed by atoms with Gasteiger partial charge in [0.15, 0.2) is 23.0 Å². The summed E-state index contributed by atoms with van der Waals surface area (Å²) in [6.07, 6.45) is 2.40. The molecule has 0 aliphatic carbocycles. The third-order valence-electron chi connectivity index (χ3n) is 3.58. The van der Waals surface area contributed by atoms with Gasteiger partial charge in [-0.05, 0) is 38.1 Å². The van der Waals surface area contributed by atoms with E-state index >= 15 is 0 Å². The first-order valence-electron chi connectivity index (χ1n) is 8.63. The number of fused-ring (bicyclic) bond motifs is 1. The van der Waals surface area contributed by atoms with Crippen molar-refractivity contribution in [2.45, 2.75) is 19.3 Å². The van der Waals surface area contributed by atoms with E-state index in [1.807, 2.05) is 0 Å². The molecule has 2 aromatic carbocycles. The second-order valence-corrected chi connectivity index (χ2v) is 5.79. The van der Waals surface area contributed by atoms with Crippen molar-refractivity contribution in [3.05, 3.63) is 35.9 Å². The average Bonchev–Trinajstić information content (AvgIpc) is 2.65. The van der Waals surface area contributed by atoms with Crippen molar-refractivity contribution >= 4 is 5.78 Å². The molecule has 154 valence electrons. The number of para-hydroxylation sites is 1. The lowest BCUT2D eigenvalue weighted by Crippen LogP contribution is -2.15. The number of rotatable bonds is 3. The number of hydrogen-bond acceptors (Lipinski definition) is 9. The van der Waals surface area contributed by atoms with Crippen molar-refractivity contribution in [3.8, 4) is 34.5 Å². The predicted molar refractivity (Wildman–Crippen MR) is 103 cm³/mol. The van der Waals surface area contributed by atoms with Crippen LogP contribution < -0.4 is 16.2 Å². The van der Waals surface area contributed by atoms with Crippen molar-refractivity contribution in [3.63, 3.8) is 0 Å². The quantitative estimate of drug-likeness (QED) is 0.300. The highest BCUT2D eigenvalue weighted by atomic mass is 16.5. The van der Waals surface area contributed by atoms with E-state index in [0.717, 1.165) is 32.0 Å². The molecular formula is C19H26N2O7. The van der Waals surface area contributed by atoms with Gasteiger partial charge in [0.25, 0.3) is 0 Å². The summed E-state index contributed by atoms with van der Waals surface area (Å²) in [6.45, 7) is 1.85. The number of hydrogen-bond donors (Lipinski definition) is 7. The fraction of sp³-hybridized carbons (Fsp3) is 0.316. The highest BCUT2D eigenvalue weighted by Gasteiger charge is 2.22. The minimum atomic E-state index is -0.475. The molecule has 0 spiro atoms. The van der Waals surface area contributed by atoms with Gasteiger partial charge in [-0.15, -0.1) is 0 Å². The molecule has 0 amide bonds. The summed E-state index contributed by atoms with van der Waals surface area (Å²) in [6, 6.07) is 6.46. The smallest absolute Gasteiger partial charge is 0.200 e. The zero-order valence-electron chi connectivity index (χ0n) is 15.3. The molecule has 0 aromatic heterocycles. The Bertz CT molecular complexity index is 757. The lowest BCUT2D eigenvalue weighted by molar-refractivity contribution is 0.0929. The molecular weight excluding hydrogens is 368 g/mol. The van der Waals surface area contributed by atoms with Crippen molar-refractivity contribution in [1.29, 1.82) is 0 Å². The monoisotopic (exact) mass is 394 g/mol. The van der Waals surface area contributed by atoms with Crippen LogP contribution in [0.3, 0.4) is 0 Å². The van der Waals surface area contributed by atoms with Gasteiger partial charge in [0.2, 0.25) is 0 Å². The van der Waals surface area contributed by atoms with E-state index < -0.39 is 5.75 Å². The molecule has 0 fully saturated rings. The van der Waals surface area contributed by atoms with Gasteiger partial charge >= 0.3 is 0 Å². The minimum Gasteiger partial charge on any atom is -0.508 e. The maximum absolute atomic E-state index is 11.3. The number of carbonyl (C=O) groups is 1. The van der Waals surface area contributed by atoms with Crippen LogP contribution in [0.4, 0.5) is 0 Å². The van der Waals surface area contributed by atoms with Crippen LogP contribution in [0.25, 0.3) is 0 Å². The first-order chi connectivity index (χ1) is 13.3. The van der Waals surface area contributed by atoms with E-state index in [4.69, 9.17) is 36.6 Å². The summed E-state index contributed by atoms with van der Waals surface area (Å²) in [7, 11) is 0. The Morgan fingerprint density at radius 2 is 1.46 bits per heavy atom. The van der Waals surface area contributed by atoms with E-state index in [0.29, 0.717) is 6.61 Å². The zero-order chi connectivity index (χ0) is 21.1. The second-order valence-electron chi connectivity index (χ2n) is 5.79. The topological polar surface area (TPSA) is 179 Å². The number of carbonyl (C=O) groups excluding carboxylic acids is 1. The Kier molecular flexibility index (Phi) is 9.41. The van der Waals surface area contributed by atoms with Crippen molar-refractivity contribution in [2.24, 2.45) is 11.5 Å². The van der Waals surface area contributed by atoms with Crippen LogP contribution in [0.15, 0.2) is 30.3 Å². The third kappa shape index (κ3) is 6.86. The van der Waals surface area contributed by atoms with Crippen molar-refractivity contribution in [2.75, 3.05) is 19.7 Å². The molecule has 9 heteroatoms. The molecule has 0 atom stereocenters. The largest absolute Gasteiger partial charge is 0.508 e. The van der Waals surface area contributed by atoms with Gasteiger partial charge in [0.05, 0.1) is 6.61 Å². The lowest BCUT2D eigenvalue weighted by atomic mass is 10.0. The van der Waals surface area contributed by atoms with E-state index in [2.05, 4.69) is 0 Å². The molecule has 3 rings (SSSR count). The molecule has 9 N–H and O–H groups in total. The molecule has 0 unspecified atom stereocenters. The fourth-order valence-electron chi connectivity index (χ4n) is 2.17. The van der Waals surface area contributed by atoms with Crippen LogP contribution in [0.5, 0.6) is 34.5 Å². The molecule has 0 bridgehead atoms. The third-order valence-corrected chi connectivity index (χ3v) is 3.58. The standard InChI is InChI=1S/C9H8O4.C6H6O3.C4H12N2/c10-5-3-7(12)9-6(11)1-2-13-8(9)4-5;7-4-2-1-3-5(8)6(4)9;5-3-1-2-4-6/h3-4,10,12H,1-2H2;1-3,7-9H;1-6H2. The highest BCUT2D eigenvalue weighted by molar-refractivity contribution is 6.02. The van der Waals surface area contributed by atoms with Crippen LogP contribution in [0, 0.1) is 0 Å². The van der Waals surface area contributed by atoms with E-state index in [9.17, 15) is 9.90 Å². The van der Waals surface area contributed by atoms with Gasteiger partial charge in [-0.25, -0.2) is 0 Å². The number of ketones is 1. The van der Waals surface area contributed by atoms with Gasteiger partial charge < -0.3 is 41.7 Å². The van der Waals surface area contributed by atoms with Crippen LogP contribution in [0.2, 0.25) is 0 Å². The Morgan fingerprint density at radius 1 is 0.893 bits per heavy atom. The van der Waals surface area contributed by atoms with Crippen molar-refractivity contribution in [1.82, 2.24) is 0 Å². The number of phenols is 5. The molecule has 1 aliphatic heterocycles. The number of unbranched alkanes of at least 4 members (excludes halogenated alkanes) is 1. The van der Waals surface area contributed by atoms with Gasteiger partial charge in [0, 0.05) is 18.6 Å². The molecule has 2 aromatic rings. The molecule has 1 heterocycles. The molecule has 0 saturated carbocycles. The number of benzene rings is 2. The van der Waals surface area contributed by atoms with Crippen molar-refractivity contribution < 1.29 is 35.1 Å². The normalized spacial score (nSPS) is 11.9. The molecule has 0 saturated heterocycles. The summed E-state index contributed by atoms with van der Waals surface area (Å²) >= 11 is 0. The number of ether oxygens (including phenoxy) is 1. The van der Waals surface area contributed by atoms with Gasteiger partial charge in [-0.2, -0.15) is 0 Å². The lowest BCUT2D eigenvalue weighted by Gasteiger charge is -2.16. The average molecular weight is 394 g/mol. The van der Waals surface area contributed by atoms with Crippen LogP contribution in [0.1, 0.15) is 29.6 Å². The Morgan fingerprint density at radius 3 is 1.96 bits per heavy atom. The number of phenolic OH excluding ortho intramolecular Hbond substituents is 5. The Balaban J connectivity index is 0.000000229. The summed E-state index contributed by atoms with van der Waals surface area (Å²) in [5.41, 5.74) is 10.5. The highest BCUT2D eigenvalue weighted by Crippen LogP contribution is 2.36. The van der Waals surface area contributed by atoms with Gasteiger partial charge in [-0.3, -0.25) is 4.79 Å². The first-order valence-corrected chi connectivity index (χ1v) is 8.63. The Labute approximate surface area is 162 Å². The first kappa shape index (κ1) is 22.9. The summed E-state index contributed by atoms with van der Waals surface area (Å²) in [5.74, 6) is -1.32. The van der Waals surface area contributed by atoms with Crippen LogP contribution in [-0.4, -0.2) is 51.0 Å². The summed E-state index contributed by atoms with van der Waals surface area (Å²) in [5, 5.41) is 44.5. The summed E-state index contributed by atoms with van der Waals surface area (Å²) in [4.78, 5) is 11.3. The number of nitrogens with two attached hydrogens (primary N) is 2. The maximum Gasteiger partial charge on any atom is 0.200 e. The molecule has 28 heavy (non-hydrogen) atoms. The van der Waals surface area contributed by atoms with E-state index in [1.165, 1.54) is 24.3 Å². The van der Waals surface area contributed by atoms with Crippen LogP contribution >= 0.6 is 0 Å². The zero-order valence-corrected chi connectivity index (χ0v) is 15.3. The number of aromatic hydroxyl groups is 5. The maximum atomic E-state index is 11.3. The molecule has 1 aliphatic rings. The molecule has 0 radical (unpaired) electrons. The molecule has 9 nitrogen and oxygen atoms in total. The van der Waals surface area contributed by atoms with Gasteiger partial charge in [-0.1, -0.05) is 6.07 Å². The minimum absolute atomic E-state index is 0.106. The van der Waals surface area contributed by atoms with E-state index in [-0.39, 0.29) is 46.5 Å². The second kappa shape index (κ2) is 11.5. The Hall–Kier alpha value is -3.17. The SMILES string of the molecule is NCCCCN.O=C1CCOc2cc(O)cc(O)c21.Oc1cccc(O)c1O. The summed E-state index contributed by atoms with van der Waals surface area (Å²) < 4.78 is 5.11.